The Bertz CT molecular complexity index is 713. The molecule has 4 unspecified atom stereocenters. The summed E-state index contributed by atoms with van der Waals surface area (Å²) in [5, 5.41) is 8.17. The molecule has 3 aliphatic rings. The fourth-order valence-electron chi connectivity index (χ4n) is 5.15. The van der Waals surface area contributed by atoms with Crippen LogP contribution >= 0.6 is 35.6 Å². The second kappa shape index (κ2) is 8.96. The van der Waals surface area contributed by atoms with Gasteiger partial charge in [-0.05, 0) is 31.4 Å². The normalized spacial score (nSPS) is 31.4. The maximum absolute atomic E-state index is 6.41. The molecule has 0 spiro atoms. The standard InChI is InChI=1S/C21H31ClN4O.HI/c1-21(2)18(15-10-12-27-19(15)21)25-20(23-3)24-14-7-6-11-26(13-14)17-9-5-4-8-16(17)22;/h4-5,8-9,14-15,18-19H,6-7,10-13H2,1-3H3,(H2,23,24,25);1H. The quantitative estimate of drug-likeness (QED) is 0.362. The van der Waals surface area contributed by atoms with Crippen molar-refractivity contribution in [3.05, 3.63) is 29.3 Å². The first-order chi connectivity index (χ1) is 13.0. The third-order valence-corrected chi connectivity index (χ3v) is 6.89. The average molecular weight is 519 g/mol. The summed E-state index contributed by atoms with van der Waals surface area (Å²) in [5.74, 6) is 1.51. The van der Waals surface area contributed by atoms with Crippen LogP contribution in [0.2, 0.25) is 5.02 Å². The fraction of sp³-hybridized carbons (Fsp3) is 0.667. The number of nitrogens with zero attached hydrogens (tertiary/aromatic N) is 2. The number of guanidine groups is 1. The van der Waals surface area contributed by atoms with Crippen LogP contribution < -0.4 is 15.5 Å². The lowest BCUT2D eigenvalue weighted by molar-refractivity contribution is -0.106. The van der Waals surface area contributed by atoms with Crippen molar-refractivity contribution >= 4 is 47.2 Å². The van der Waals surface area contributed by atoms with Crippen molar-refractivity contribution in [1.82, 2.24) is 10.6 Å². The van der Waals surface area contributed by atoms with Crippen LogP contribution in [0, 0.1) is 11.3 Å². The van der Waals surface area contributed by atoms with Crippen molar-refractivity contribution in [2.75, 3.05) is 31.6 Å². The number of fused-ring (bicyclic) bond motifs is 1. The van der Waals surface area contributed by atoms with E-state index in [0.29, 0.717) is 24.1 Å². The number of rotatable bonds is 3. The minimum Gasteiger partial charge on any atom is -0.377 e. The molecule has 0 bridgehead atoms. The second-order valence-electron chi connectivity index (χ2n) is 8.64. The van der Waals surface area contributed by atoms with E-state index in [9.17, 15) is 0 Å². The Morgan fingerprint density at radius 1 is 1.25 bits per heavy atom. The summed E-state index contributed by atoms with van der Waals surface area (Å²) in [5.41, 5.74) is 1.27. The molecule has 28 heavy (non-hydrogen) atoms. The molecule has 1 aromatic carbocycles. The highest BCUT2D eigenvalue weighted by Crippen LogP contribution is 2.52. The van der Waals surface area contributed by atoms with E-state index in [2.05, 4.69) is 46.5 Å². The van der Waals surface area contributed by atoms with E-state index < -0.39 is 0 Å². The molecule has 1 aliphatic carbocycles. The lowest BCUT2D eigenvalue weighted by Gasteiger charge is -2.55. The van der Waals surface area contributed by atoms with Crippen LogP contribution in [0.15, 0.2) is 29.3 Å². The highest BCUT2D eigenvalue weighted by Gasteiger charge is 2.59. The number of anilines is 1. The minimum atomic E-state index is 0. The first-order valence-electron chi connectivity index (χ1n) is 10.1. The van der Waals surface area contributed by atoms with Gasteiger partial charge in [0.25, 0.3) is 0 Å². The summed E-state index contributed by atoms with van der Waals surface area (Å²) in [6.07, 6.45) is 3.82. The molecule has 1 saturated carbocycles. The lowest BCUT2D eigenvalue weighted by Crippen LogP contribution is -2.68. The number of halogens is 2. The molecule has 7 heteroatoms. The molecule has 2 saturated heterocycles. The van der Waals surface area contributed by atoms with E-state index in [1.165, 1.54) is 0 Å². The van der Waals surface area contributed by atoms with Gasteiger partial charge in [0.05, 0.1) is 16.8 Å². The van der Waals surface area contributed by atoms with Gasteiger partial charge in [0, 0.05) is 50.2 Å². The van der Waals surface area contributed by atoms with Crippen LogP contribution in [0.3, 0.4) is 0 Å². The van der Waals surface area contributed by atoms with Crippen LogP contribution in [0.25, 0.3) is 0 Å². The summed E-state index contributed by atoms with van der Waals surface area (Å²) in [7, 11) is 1.86. The average Bonchev–Trinajstić information content (AvgIpc) is 3.13. The molecule has 0 amide bonds. The van der Waals surface area contributed by atoms with Crippen LogP contribution in [-0.2, 0) is 4.74 Å². The smallest absolute Gasteiger partial charge is 0.191 e. The zero-order valence-corrected chi connectivity index (χ0v) is 20.0. The van der Waals surface area contributed by atoms with E-state index in [4.69, 9.17) is 16.3 Å². The molecule has 3 fully saturated rings. The van der Waals surface area contributed by atoms with Crippen molar-refractivity contribution in [2.24, 2.45) is 16.3 Å². The number of benzene rings is 1. The molecule has 2 aliphatic heterocycles. The van der Waals surface area contributed by atoms with Gasteiger partial charge < -0.3 is 20.3 Å². The van der Waals surface area contributed by atoms with Gasteiger partial charge in [-0.3, -0.25) is 4.99 Å². The van der Waals surface area contributed by atoms with Gasteiger partial charge in [-0.15, -0.1) is 24.0 Å². The molecule has 156 valence electrons. The summed E-state index contributed by atoms with van der Waals surface area (Å²) in [4.78, 5) is 6.89. The van der Waals surface area contributed by atoms with Crippen LogP contribution in [0.1, 0.15) is 33.1 Å². The minimum absolute atomic E-state index is 0. The highest BCUT2D eigenvalue weighted by atomic mass is 127. The number of piperidine rings is 1. The van der Waals surface area contributed by atoms with Crippen molar-refractivity contribution < 1.29 is 4.74 Å². The molecular formula is C21H32ClIN4O. The summed E-state index contributed by atoms with van der Waals surface area (Å²) < 4.78 is 5.92. The molecule has 4 atom stereocenters. The Hall–Kier alpha value is -0.730. The van der Waals surface area contributed by atoms with Crippen molar-refractivity contribution in [3.8, 4) is 0 Å². The van der Waals surface area contributed by atoms with Crippen molar-refractivity contribution in [1.29, 1.82) is 0 Å². The predicted molar refractivity (Wildman–Crippen MR) is 127 cm³/mol. The summed E-state index contributed by atoms with van der Waals surface area (Å²) >= 11 is 6.41. The highest BCUT2D eigenvalue weighted by molar-refractivity contribution is 14.0. The molecule has 2 heterocycles. The third-order valence-electron chi connectivity index (χ3n) is 6.57. The third kappa shape index (κ3) is 4.10. The molecule has 1 aromatic rings. The fourth-order valence-corrected chi connectivity index (χ4v) is 5.41. The lowest BCUT2D eigenvalue weighted by atomic mass is 9.57. The Morgan fingerprint density at radius 3 is 2.79 bits per heavy atom. The molecule has 2 N–H and O–H groups in total. The van der Waals surface area contributed by atoms with E-state index in [1.807, 2.05) is 19.2 Å². The molecule has 4 rings (SSSR count). The Kier molecular flexibility index (Phi) is 7.03. The Balaban J connectivity index is 0.00000225. The van der Waals surface area contributed by atoms with E-state index >= 15 is 0 Å². The van der Waals surface area contributed by atoms with E-state index in [0.717, 1.165) is 55.6 Å². The zero-order chi connectivity index (χ0) is 19.0. The molecule has 0 radical (unpaired) electrons. The first-order valence-corrected chi connectivity index (χ1v) is 10.5. The first kappa shape index (κ1) is 22.0. The van der Waals surface area contributed by atoms with Gasteiger partial charge in [0.15, 0.2) is 5.96 Å². The van der Waals surface area contributed by atoms with E-state index in [-0.39, 0.29) is 29.4 Å². The van der Waals surface area contributed by atoms with Crippen LogP contribution in [0.5, 0.6) is 0 Å². The monoisotopic (exact) mass is 518 g/mol. The summed E-state index contributed by atoms with van der Waals surface area (Å²) in [6.45, 7) is 7.46. The van der Waals surface area contributed by atoms with Crippen LogP contribution in [0.4, 0.5) is 5.69 Å². The van der Waals surface area contributed by atoms with Gasteiger partial charge >= 0.3 is 0 Å². The van der Waals surface area contributed by atoms with Gasteiger partial charge in [-0.1, -0.05) is 37.6 Å². The van der Waals surface area contributed by atoms with Gasteiger partial charge in [0.2, 0.25) is 0 Å². The molecular weight excluding hydrogens is 487 g/mol. The van der Waals surface area contributed by atoms with E-state index in [1.54, 1.807) is 0 Å². The number of ether oxygens (including phenoxy) is 1. The molecule has 0 aromatic heterocycles. The second-order valence-corrected chi connectivity index (χ2v) is 9.05. The summed E-state index contributed by atoms with van der Waals surface area (Å²) in [6, 6.07) is 8.89. The maximum atomic E-state index is 6.41. The zero-order valence-electron chi connectivity index (χ0n) is 17.0. The number of hydrogen-bond donors (Lipinski definition) is 2. The topological polar surface area (TPSA) is 48.9 Å². The van der Waals surface area contributed by atoms with Crippen LogP contribution in [-0.4, -0.2) is 50.9 Å². The largest absolute Gasteiger partial charge is 0.377 e. The number of nitrogens with one attached hydrogen (secondary N) is 2. The van der Waals surface area contributed by atoms with Gasteiger partial charge in [-0.25, -0.2) is 0 Å². The Morgan fingerprint density at radius 2 is 2.04 bits per heavy atom. The molecule has 5 nitrogen and oxygen atoms in total. The SMILES string of the molecule is CN=C(NC1CCCN(c2ccccc2Cl)C1)NC1C2CCOC2C1(C)C.I. The Labute approximate surface area is 190 Å². The predicted octanol–water partition coefficient (Wildman–Crippen LogP) is 3.91. The number of para-hydroxylation sites is 1. The van der Waals surface area contributed by atoms with Gasteiger partial charge in [0.1, 0.15) is 0 Å². The van der Waals surface area contributed by atoms with Crippen molar-refractivity contribution in [3.63, 3.8) is 0 Å². The maximum Gasteiger partial charge on any atom is 0.191 e. The van der Waals surface area contributed by atoms with Crippen molar-refractivity contribution in [2.45, 2.75) is 51.3 Å². The number of hydrogen-bond acceptors (Lipinski definition) is 3. The van der Waals surface area contributed by atoms with Gasteiger partial charge in [-0.2, -0.15) is 0 Å². The number of aliphatic imine (C=N–C) groups is 1.